The Morgan fingerprint density at radius 2 is 1.82 bits per heavy atom. The molecule has 0 bridgehead atoms. The lowest BCUT2D eigenvalue weighted by Crippen LogP contribution is -1.99. The molecule has 0 amide bonds. The molecule has 17 heavy (non-hydrogen) atoms. The number of anilines is 3. The van der Waals surface area contributed by atoms with E-state index in [0.717, 1.165) is 5.82 Å². The molecule has 3 nitrogen and oxygen atoms in total. The van der Waals surface area contributed by atoms with Crippen LogP contribution >= 0.6 is 15.9 Å². The van der Waals surface area contributed by atoms with E-state index in [9.17, 15) is 4.39 Å². The van der Waals surface area contributed by atoms with Gasteiger partial charge in [-0.2, -0.15) is 0 Å². The van der Waals surface area contributed by atoms with Gasteiger partial charge < -0.3 is 10.6 Å². The van der Waals surface area contributed by atoms with Crippen molar-refractivity contribution in [2.75, 3.05) is 17.7 Å². The predicted octanol–water partition coefficient (Wildman–Crippen LogP) is 3.77. The molecule has 0 spiro atoms. The first-order valence-electron chi connectivity index (χ1n) is 5.06. The second-order valence-electron chi connectivity index (χ2n) is 3.38. The Morgan fingerprint density at radius 3 is 2.53 bits per heavy atom. The SMILES string of the molecule is CNc1cccc(Nc2c(F)cccc2Br)n1. The summed E-state index contributed by atoms with van der Waals surface area (Å²) < 4.78 is 14.2. The highest BCUT2D eigenvalue weighted by molar-refractivity contribution is 9.10. The summed E-state index contributed by atoms with van der Waals surface area (Å²) in [4.78, 5) is 4.26. The first-order chi connectivity index (χ1) is 8.20. The molecule has 1 aromatic heterocycles. The maximum Gasteiger partial charge on any atom is 0.147 e. The van der Waals surface area contributed by atoms with Crippen LogP contribution in [0, 0.1) is 5.82 Å². The number of halogens is 2. The monoisotopic (exact) mass is 295 g/mol. The van der Waals surface area contributed by atoms with Gasteiger partial charge in [0.05, 0.1) is 5.69 Å². The highest BCUT2D eigenvalue weighted by Gasteiger charge is 2.07. The van der Waals surface area contributed by atoms with E-state index in [1.807, 2.05) is 12.1 Å². The summed E-state index contributed by atoms with van der Waals surface area (Å²) in [5.41, 5.74) is 0.383. The molecule has 0 aliphatic rings. The zero-order valence-electron chi connectivity index (χ0n) is 9.17. The summed E-state index contributed by atoms with van der Waals surface area (Å²) in [7, 11) is 1.78. The van der Waals surface area contributed by atoms with Gasteiger partial charge in [0.15, 0.2) is 0 Å². The minimum Gasteiger partial charge on any atom is -0.373 e. The van der Waals surface area contributed by atoms with Crippen LogP contribution in [-0.2, 0) is 0 Å². The normalized spacial score (nSPS) is 10.1. The second-order valence-corrected chi connectivity index (χ2v) is 4.23. The number of rotatable bonds is 3. The fourth-order valence-electron chi connectivity index (χ4n) is 1.39. The maximum absolute atomic E-state index is 13.6. The lowest BCUT2D eigenvalue weighted by molar-refractivity contribution is 0.631. The Bertz CT molecular complexity index is 511. The van der Waals surface area contributed by atoms with Crippen molar-refractivity contribution in [3.63, 3.8) is 0 Å². The molecular weight excluding hydrogens is 285 g/mol. The summed E-state index contributed by atoms with van der Waals surface area (Å²) in [6.45, 7) is 0. The fourth-order valence-corrected chi connectivity index (χ4v) is 1.83. The average Bonchev–Trinajstić information content (AvgIpc) is 2.34. The third kappa shape index (κ3) is 2.74. The third-order valence-corrected chi connectivity index (χ3v) is 2.88. The molecule has 2 N–H and O–H groups in total. The number of benzene rings is 1. The summed E-state index contributed by atoms with van der Waals surface area (Å²) in [6, 6.07) is 10.3. The molecule has 5 heteroatoms. The van der Waals surface area contributed by atoms with Crippen molar-refractivity contribution in [3.8, 4) is 0 Å². The number of hydrogen-bond acceptors (Lipinski definition) is 3. The smallest absolute Gasteiger partial charge is 0.147 e. The fraction of sp³-hybridized carbons (Fsp3) is 0.0833. The van der Waals surface area contributed by atoms with Gasteiger partial charge in [0.2, 0.25) is 0 Å². The van der Waals surface area contributed by atoms with Crippen LogP contribution in [0.3, 0.4) is 0 Å². The third-order valence-electron chi connectivity index (χ3n) is 2.22. The molecule has 0 fully saturated rings. The number of aromatic nitrogens is 1. The van der Waals surface area contributed by atoms with Gasteiger partial charge in [-0.05, 0) is 40.2 Å². The number of hydrogen-bond donors (Lipinski definition) is 2. The highest BCUT2D eigenvalue weighted by Crippen LogP contribution is 2.28. The standard InChI is InChI=1S/C12H11BrFN3/c1-15-10-6-3-7-11(16-10)17-12-8(13)4-2-5-9(12)14/h2-7H,1H3,(H2,15,16,17). The van der Waals surface area contributed by atoms with Crippen molar-refractivity contribution in [1.29, 1.82) is 0 Å². The van der Waals surface area contributed by atoms with E-state index < -0.39 is 0 Å². The van der Waals surface area contributed by atoms with E-state index in [4.69, 9.17) is 0 Å². The molecule has 2 rings (SSSR count). The van der Waals surface area contributed by atoms with Gasteiger partial charge in [0.25, 0.3) is 0 Å². The Balaban J connectivity index is 2.31. The maximum atomic E-state index is 13.6. The van der Waals surface area contributed by atoms with E-state index in [-0.39, 0.29) is 5.82 Å². The Hall–Kier alpha value is -1.62. The van der Waals surface area contributed by atoms with Gasteiger partial charge in [0, 0.05) is 11.5 Å². The van der Waals surface area contributed by atoms with E-state index in [1.54, 1.807) is 25.2 Å². The lowest BCUT2D eigenvalue weighted by Gasteiger charge is -2.09. The molecule has 1 heterocycles. The first kappa shape index (κ1) is 11.9. The van der Waals surface area contributed by atoms with Crippen molar-refractivity contribution in [2.24, 2.45) is 0 Å². The topological polar surface area (TPSA) is 37.0 Å². The zero-order chi connectivity index (χ0) is 12.3. The second kappa shape index (κ2) is 5.14. The Labute approximate surface area is 107 Å². The number of pyridine rings is 1. The van der Waals surface area contributed by atoms with E-state index in [0.29, 0.717) is 16.0 Å². The largest absolute Gasteiger partial charge is 0.373 e. The molecule has 88 valence electrons. The number of para-hydroxylation sites is 1. The Morgan fingerprint density at radius 1 is 1.12 bits per heavy atom. The van der Waals surface area contributed by atoms with Gasteiger partial charge in [-0.25, -0.2) is 9.37 Å². The molecule has 2 aromatic rings. The van der Waals surface area contributed by atoms with Crippen LogP contribution in [-0.4, -0.2) is 12.0 Å². The van der Waals surface area contributed by atoms with Crippen LogP contribution in [0.25, 0.3) is 0 Å². The molecule has 0 unspecified atom stereocenters. The van der Waals surface area contributed by atoms with Gasteiger partial charge in [-0.15, -0.1) is 0 Å². The average molecular weight is 296 g/mol. The molecular formula is C12H11BrFN3. The highest BCUT2D eigenvalue weighted by atomic mass is 79.9. The lowest BCUT2D eigenvalue weighted by atomic mass is 10.3. The molecule has 0 atom stereocenters. The van der Waals surface area contributed by atoms with Crippen LogP contribution in [0.2, 0.25) is 0 Å². The minimum absolute atomic E-state index is 0.323. The zero-order valence-corrected chi connectivity index (χ0v) is 10.8. The van der Waals surface area contributed by atoms with Crippen molar-refractivity contribution in [3.05, 3.63) is 46.7 Å². The van der Waals surface area contributed by atoms with Crippen molar-refractivity contribution < 1.29 is 4.39 Å². The van der Waals surface area contributed by atoms with E-state index in [2.05, 4.69) is 31.5 Å². The van der Waals surface area contributed by atoms with Crippen LogP contribution in [0.15, 0.2) is 40.9 Å². The van der Waals surface area contributed by atoms with Crippen molar-refractivity contribution >= 4 is 33.3 Å². The van der Waals surface area contributed by atoms with Gasteiger partial charge >= 0.3 is 0 Å². The summed E-state index contributed by atoms with van der Waals surface area (Å²) in [5.74, 6) is 0.987. The molecule has 0 radical (unpaired) electrons. The molecule has 0 aliphatic carbocycles. The molecule has 1 aromatic carbocycles. The predicted molar refractivity (Wildman–Crippen MR) is 71.2 cm³/mol. The van der Waals surface area contributed by atoms with Gasteiger partial charge in [-0.1, -0.05) is 12.1 Å². The number of nitrogens with one attached hydrogen (secondary N) is 2. The van der Waals surface area contributed by atoms with Crippen LogP contribution in [0.1, 0.15) is 0 Å². The number of nitrogens with zero attached hydrogens (tertiary/aromatic N) is 1. The summed E-state index contributed by atoms with van der Waals surface area (Å²) in [5, 5.41) is 5.87. The Kier molecular flexibility index (Phi) is 3.58. The van der Waals surface area contributed by atoms with E-state index in [1.165, 1.54) is 6.07 Å². The van der Waals surface area contributed by atoms with E-state index >= 15 is 0 Å². The van der Waals surface area contributed by atoms with Crippen molar-refractivity contribution in [2.45, 2.75) is 0 Å². The molecule has 0 saturated heterocycles. The summed E-state index contributed by atoms with van der Waals surface area (Å²) in [6.07, 6.45) is 0. The van der Waals surface area contributed by atoms with Crippen LogP contribution < -0.4 is 10.6 Å². The van der Waals surface area contributed by atoms with Crippen molar-refractivity contribution in [1.82, 2.24) is 4.98 Å². The molecule has 0 saturated carbocycles. The van der Waals surface area contributed by atoms with Crippen LogP contribution in [0.5, 0.6) is 0 Å². The first-order valence-corrected chi connectivity index (χ1v) is 5.86. The van der Waals surface area contributed by atoms with Gasteiger partial charge in [-0.3, -0.25) is 0 Å². The quantitative estimate of drug-likeness (QED) is 0.905. The van der Waals surface area contributed by atoms with Crippen LogP contribution in [0.4, 0.5) is 21.7 Å². The summed E-state index contributed by atoms with van der Waals surface area (Å²) >= 11 is 3.29. The van der Waals surface area contributed by atoms with Gasteiger partial charge in [0.1, 0.15) is 17.5 Å². The minimum atomic E-state index is -0.323. The molecule has 0 aliphatic heterocycles.